The van der Waals surface area contributed by atoms with Crippen LogP contribution in [0.25, 0.3) is 10.6 Å². The summed E-state index contributed by atoms with van der Waals surface area (Å²) in [5.74, 6) is -0.228. The van der Waals surface area contributed by atoms with Crippen LogP contribution >= 0.6 is 22.9 Å². The highest BCUT2D eigenvalue weighted by Gasteiger charge is 2.27. The van der Waals surface area contributed by atoms with E-state index in [4.69, 9.17) is 16.3 Å². The normalized spacial score (nSPS) is 13.2. The molecule has 134 valence electrons. The van der Waals surface area contributed by atoms with E-state index in [0.29, 0.717) is 17.3 Å². The molecule has 26 heavy (non-hydrogen) atoms. The van der Waals surface area contributed by atoms with E-state index in [1.54, 1.807) is 18.6 Å². The van der Waals surface area contributed by atoms with Gasteiger partial charge in [-0.1, -0.05) is 54.1 Å². The second kappa shape index (κ2) is 7.99. The fourth-order valence-electron chi connectivity index (χ4n) is 2.54. The Bertz CT molecular complexity index is 898. The van der Waals surface area contributed by atoms with E-state index in [-0.39, 0.29) is 5.91 Å². The molecule has 0 aliphatic rings. The topological polar surface area (TPSA) is 51.2 Å². The van der Waals surface area contributed by atoms with Crippen molar-refractivity contribution < 1.29 is 9.53 Å². The predicted octanol–water partition coefficient (Wildman–Crippen LogP) is 4.76. The van der Waals surface area contributed by atoms with Crippen molar-refractivity contribution in [2.75, 3.05) is 13.7 Å². The maximum absolute atomic E-state index is 12.5. The lowest BCUT2D eigenvalue weighted by Crippen LogP contribution is -2.40. The van der Waals surface area contributed by atoms with Gasteiger partial charge in [0, 0.05) is 23.1 Å². The Morgan fingerprint density at radius 3 is 2.69 bits per heavy atom. The molecule has 0 fully saturated rings. The Kier molecular flexibility index (Phi) is 5.71. The molecule has 0 aliphatic carbocycles. The van der Waals surface area contributed by atoms with Gasteiger partial charge in [0.2, 0.25) is 0 Å². The number of halogens is 1. The summed E-state index contributed by atoms with van der Waals surface area (Å²) in [7, 11) is 1.61. The first-order valence-electron chi connectivity index (χ1n) is 8.12. The first-order chi connectivity index (χ1) is 12.5. The lowest BCUT2D eigenvalue weighted by molar-refractivity contribution is 0.00312. The SMILES string of the molecule is COC(C)(CNC(=O)c1csc(-c2ccccc2)n1)c1cccc(Cl)c1. The van der Waals surface area contributed by atoms with Crippen molar-refractivity contribution in [1.82, 2.24) is 10.3 Å². The quantitative estimate of drug-likeness (QED) is 0.664. The fourth-order valence-corrected chi connectivity index (χ4v) is 3.54. The van der Waals surface area contributed by atoms with E-state index in [9.17, 15) is 4.79 Å². The standard InChI is InChI=1S/C20H19ClN2O2S/c1-20(25-2,15-9-6-10-16(21)11-15)13-22-18(24)17-12-26-19(23-17)14-7-4-3-5-8-14/h3-12H,13H2,1-2H3,(H,22,24). The summed E-state index contributed by atoms with van der Waals surface area (Å²) in [6.07, 6.45) is 0. The number of nitrogens with zero attached hydrogens (tertiary/aromatic N) is 1. The zero-order valence-corrected chi connectivity index (χ0v) is 16.1. The van der Waals surface area contributed by atoms with Crippen molar-refractivity contribution in [3.8, 4) is 10.6 Å². The van der Waals surface area contributed by atoms with E-state index in [1.807, 2.05) is 55.5 Å². The first-order valence-corrected chi connectivity index (χ1v) is 9.38. The highest BCUT2D eigenvalue weighted by atomic mass is 35.5. The molecule has 1 aromatic heterocycles. The second-order valence-corrected chi connectivity index (χ2v) is 7.33. The largest absolute Gasteiger partial charge is 0.372 e. The number of carbonyl (C=O) groups is 1. The molecule has 3 aromatic rings. The van der Waals surface area contributed by atoms with Gasteiger partial charge in [0.25, 0.3) is 5.91 Å². The molecule has 4 nitrogen and oxygen atoms in total. The smallest absolute Gasteiger partial charge is 0.270 e. The summed E-state index contributed by atoms with van der Waals surface area (Å²) >= 11 is 7.52. The van der Waals surface area contributed by atoms with E-state index in [2.05, 4.69) is 10.3 Å². The van der Waals surface area contributed by atoms with Gasteiger partial charge in [-0.15, -0.1) is 11.3 Å². The number of amides is 1. The molecule has 6 heteroatoms. The minimum absolute atomic E-state index is 0.228. The Morgan fingerprint density at radius 1 is 1.23 bits per heavy atom. The number of carbonyl (C=O) groups excluding carboxylic acids is 1. The Hall–Kier alpha value is -2.21. The van der Waals surface area contributed by atoms with Crippen molar-refractivity contribution in [2.45, 2.75) is 12.5 Å². The van der Waals surface area contributed by atoms with Crippen LogP contribution in [-0.2, 0) is 10.3 Å². The van der Waals surface area contributed by atoms with Crippen molar-refractivity contribution in [3.63, 3.8) is 0 Å². The monoisotopic (exact) mass is 386 g/mol. The van der Waals surface area contributed by atoms with Gasteiger partial charge >= 0.3 is 0 Å². The van der Waals surface area contributed by atoms with Gasteiger partial charge < -0.3 is 10.1 Å². The average molecular weight is 387 g/mol. The summed E-state index contributed by atoms with van der Waals surface area (Å²) in [6, 6.07) is 17.2. The molecule has 0 saturated heterocycles. The number of benzene rings is 2. The molecule has 1 amide bonds. The maximum atomic E-state index is 12.5. The molecule has 0 bridgehead atoms. The summed E-state index contributed by atoms with van der Waals surface area (Å²) in [5.41, 5.74) is 1.62. The summed E-state index contributed by atoms with van der Waals surface area (Å²) in [6.45, 7) is 2.22. The highest BCUT2D eigenvalue weighted by Crippen LogP contribution is 2.27. The lowest BCUT2D eigenvalue weighted by Gasteiger charge is -2.29. The van der Waals surface area contributed by atoms with Crippen LogP contribution in [0.2, 0.25) is 5.02 Å². The number of thiazole rings is 1. The van der Waals surface area contributed by atoms with Gasteiger partial charge in [-0.2, -0.15) is 0 Å². The van der Waals surface area contributed by atoms with Crippen molar-refractivity contribution >= 4 is 28.8 Å². The molecule has 0 radical (unpaired) electrons. The molecular formula is C20H19ClN2O2S. The van der Waals surface area contributed by atoms with Crippen LogP contribution in [0, 0.1) is 0 Å². The van der Waals surface area contributed by atoms with Crippen LogP contribution in [-0.4, -0.2) is 24.5 Å². The van der Waals surface area contributed by atoms with Crippen molar-refractivity contribution in [3.05, 3.63) is 76.3 Å². The number of ether oxygens (including phenoxy) is 1. The number of rotatable bonds is 6. The van der Waals surface area contributed by atoms with Gasteiger partial charge in [0.05, 0.1) is 6.54 Å². The Morgan fingerprint density at radius 2 is 2.00 bits per heavy atom. The number of methoxy groups -OCH3 is 1. The lowest BCUT2D eigenvalue weighted by atomic mass is 9.95. The van der Waals surface area contributed by atoms with Gasteiger partial charge in [-0.05, 0) is 24.6 Å². The number of nitrogens with one attached hydrogen (secondary N) is 1. The minimum atomic E-state index is -0.682. The Labute approximate surface area is 161 Å². The zero-order valence-electron chi connectivity index (χ0n) is 14.5. The minimum Gasteiger partial charge on any atom is -0.372 e. The average Bonchev–Trinajstić information content (AvgIpc) is 3.17. The Balaban J connectivity index is 1.71. The number of hydrogen-bond donors (Lipinski definition) is 1. The predicted molar refractivity (Wildman–Crippen MR) is 106 cm³/mol. The first kappa shape index (κ1) is 18.6. The fraction of sp³-hybridized carbons (Fsp3) is 0.200. The summed E-state index contributed by atoms with van der Waals surface area (Å²) in [5, 5.41) is 6.12. The van der Waals surface area contributed by atoms with E-state index < -0.39 is 5.60 Å². The molecule has 2 aromatic carbocycles. The van der Waals surface area contributed by atoms with Gasteiger partial charge in [-0.3, -0.25) is 4.79 Å². The molecule has 3 rings (SSSR count). The van der Waals surface area contributed by atoms with E-state index in [1.165, 1.54) is 11.3 Å². The number of aromatic nitrogens is 1. The number of hydrogen-bond acceptors (Lipinski definition) is 4. The van der Waals surface area contributed by atoms with Crippen LogP contribution in [0.5, 0.6) is 0 Å². The molecule has 0 saturated carbocycles. The highest BCUT2D eigenvalue weighted by molar-refractivity contribution is 7.13. The van der Waals surface area contributed by atoms with E-state index >= 15 is 0 Å². The maximum Gasteiger partial charge on any atom is 0.270 e. The molecule has 1 heterocycles. The van der Waals surface area contributed by atoms with Crippen LogP contribution in [0.3, 0.4) is 0 Å². The van der Waals surface area contributed by atoms with Gasteiger partial charge in [0.15, 0.2) is 0 Å². The summed E-state index contributed by atoms with van der Waals surface area (Å²) in [4.78, 5) is 16.9. The molecule has 0 spiro atoms. The molecule has 1 N–H and O–H groups in total. The van der Waals surface area contributed by atoms with Gasteiger partial charge in [-0.25, -0.2) is 4.98 Å². The second-order valence-electron chi connectivity index (χ2n) is 6.03. The van der Waals surface area contributed by atoms with Crippen molar-refractivity contribution in [1.29, 1.82) is 0 Å². The van der Waals surface area contributed by atoms with Crippen LogP contribution in [0.15, 0.2) is 60.0 Å². The molecule has 1 atom stereocenters. The van der Waals surface area contributed by atoms with Crippen LogP contribution < -0.4 is 5.32 Å². The molecule has 1 unspecified atom stereocenters. The molecular weight excluding hydrogens is 368 g/mol. The summed E-state index contributed by atoms with van der Waals surface area (Å²) < 4.78 is 5.65. The van der Waals surface area contributed by atoms with Crippen LogP contribution in [0.4, 0.5) is 0 Å². The third-order valence-corrected chi connectivity index (χ3v) is 5.36. The third-order valence-electron chi connectivity index (χ3n) is 4.23. The van der Waals surface area contributed by atoms with Crippen LogP contribution in [0.1, 0.15) is 23.0 Å². The van der Waals surface area contributed by atoms with E-state index in [0.717, 1.165) is 16.1 Å². The third kappa shape index (κ3) is 4.12. The molecule has 0 aliphatic heterocycles. The van der Waals surface area contributed by atoms with Crippen molar-refractivity contribution in [2.24, 2.45) is 0 Å². The van der Waals surface area contributed by atoms with Gasteiger partial charge in [0.1, 0.15) is 16.3 Å². The zero-order chi connectivity index (χ0) is 18.6.